The summed E-state index contributed by atoms with van der Waals surface area (Å²) in [7, 11) is -3.61. The SMILES string of the molecule is CCN(CC)S(=O)(=O)c1cc(NC(=O)c2n[nH]c3c2CNCC3)ccc1C.Cl. The fraction of sp³-hybridized carbons (Fsp3) is 0.444. The van der Waals surface area contributed by atoms with E-state index >= 15 is 0 Å². The quantitative estimate of drug-likeness (QED) is 0.654. The molecule has 154 valence electrons. The van der Waals surface area contributed by atoms with Crippen molar-refractivity contribution in [3.05, 3.63) is 40.7 Å². The van der Waals surface area contributed by atoms with Gasteiger partial charge in [0.2, 0.25) is 10.0 Å². The molecule has 3 rings (SSSR count). The van der Waals surface area contributed by atoms with Crippen LogP contribution in [0, 0.1) is 6.92 Å². The van der Waals surface area contributed by atoms with Crippen LogP contribution in [0.2, 0.25) is 0 Å². The van der Waals surface area contributed by atoms with E-state index in [-0.39, 0.29) is 23.2 Å². The summed E-state index contributed by atoms with van der Waals surface area (Å²) >= 11 is 0. The van der Waals surface area contributed by atoms with Gasteiger partial charge in [0.15, 0.2) is 5.69 Å². The molecule has 10 heteroatoms. The lowest BCUT2D eigenvalue weighted by atomic mass is 10.1. The van der Waals surface area contributed by atoms with Crippen molar-refractivity contribution in [3.63, 3.8) is 0 Å². The smallest absolute Gasteiger partial charge is 0.276 e. The summed E-state index contributed by atoms with van der Waals surface area (Å²) in [5.74, 6) is -0.355. The molecule has 1 aromatic carbocycles. The Morgan fingerprint density at radius 1 is 1.29 bits per heavy atom. The van der Waals surface area contributed by atoms with E-state index in [1.165, 1.54) is 10.4 Å². The van der Waals surface area contributed by atoms with Crippen LogP contribution in [0.4, 0.5) is 5.69 Å². The summed E-state index contributed by atoms with van der Waals surface area (Å²) in [6, 6.07) is 4.91. The Kier molecular flexibility index (Phi) is 7.22. The number of aryl methyl sites for hydroxylation is 1. The van der Waals surface area contributed by atoms with Crippen molar-refractivity contribution in [3.8, 4) is 0 Å². The third-order valence-electron chi connectivity index (χ3n) is 4.79. The number of nitrogens with zero attached hydrogens (tertiary/aromatic N) is 2. The fourth-order valence-electron chi connectivity index (χ4n) is 3.26. The zero-order valence-electron chi connectivity index (χ0n) is 16.2. The Hall–Kier alpha value is -1.94. The first-order valence-corrected chi connectivity index (χ1v) is 10.5. The number of benzene rings is 1. The maximum Gasteiger partial charge on any atom is 0.276 e. The normalized spacial score (nSPS) is 13.7. The highest BCUT2D eigenvalue weighted by Gasteiger charge is 2.25. The lowest BCUT2D eigenvalue weighted by Gasteiger charge is -2.20. The zero-order valence-corrected chi connectivity index (χ0v) is 17.8. The molecule has 1 aliphatic heterocycles. The summed E-state index contributed by atoms with van der Waals surface area (Å²) in [4.78, 5) is 12.9. The lowest BCUT2D eigenvalue weighted by molar-refractivity contribution is 0.102. The zero-order chi connectivity index (χ0) is 19.6. The van der Waals surface area contributed by atoms with E-state index in [1.54, 1.807) is 32.9 Å². The Labute approximate surface area is 171 Å². The van der Waals surface area contributed by atoms with Crippen LogP contribution in [-0.4, -0.2) is 48.5 Å². The summed E-state index contributed by atoms with van der Waals surface area (Å²) in [6.45, 7) is 7.57. The van der Waals surface area contributed by atoms with Crippen LogP contribution in [0.5, 0.6) is 0 Å². The number of H-pyrrole nitrogens is 1. The highest BCUT2D eigenvalue weighted by molar-refractivity contribution is 7.89. The number of anilines is 1. The largest absolute Gasteiger partial charge is 0.321 e. The van der Waals surface area contributed by atoms with E-state index in [9.17, 15) is 13.2 Å². The van der Waals surface area contributed by atoms with Crippen molar-refractivity contribution in [2.45, 2.75) is 38.6 Å². The Bertz CT molecular complexity index is 954. The number of halogens is 1. The average Bonchev–Trinajstić information content (AvgIpc) is 3.08. The van der Waals surface area contributed by atoms with Gasteiger partial charge in [0.05, 0.1) is 4.90 Å². The molecule has 2 aromatic rings. The number of rotatable bonds is 6. The van der Waals surface area contributed by atoms with Crippen molar-refractivity contribution < 1.29 is 13.2 Å². The summed E-state index contributed by atoms with van der Waals surface area (Å²) in [5.41, 5.74) is 3.23. The van der Waals surface area contributed by atoms with Crippen LogP contribution in [0.15, 0.2) is 23.1 Å². The van der Waals surface area contributed by atoms with Crippen molar-refractivity contribution in [2.24, 2.45) is 0 Å². The molecule has 0 fully saturated rings. The van der Waals surface area contributed by atoms with Crippen molar-refractivity contribution in [1.29, 1.82) is 0 Å². The number of hydrogen-bond acceptors (Lipinski definition) is 5. The van der Waals surface area contributed by atoms with Gasteiger partial charge in [-0.1, -0.05) is 19.9 Å². The van der Waals surface area contributed by atoms with Gasteiger partial charge < -0.3 is 10.6 Å². The molecule has 0 bridgehead atoms. The van der Waals surface area contributed by atoms with E-state index in [2.05, 4.69) is 20.8 Å². The maximum absolute atomic E-state index is 12.9. The molecule has 0 saturated carbocycles. The van der Waals surface area contributed by atoms with Crippen LogP contribution < -0.4 is 10.6 Å². The van der Waals surface area contributed by atoms with E-state index in [0.29, 0.717) is 36.6 Å². The van der Waals surface area contributed by atoms with Gasteiger partial charge in [-0.15, -0.1) is 12.4 Å². The highest BCUT2D eigenvalue weighted by atomic mass is 35.5. The number of carbonyl (C=O) groups excluding carboxylic acids is 1. The predicted molar refractivity (Wildman–Crippen MR) is 110 cm³/mol. The summed E-state index contributed by atoms with van der Waals surface area (Å²) in [5, 5.41) is 13.0. The summed E-state index contributed by atoms with van der Waals surface area (Å²) < 4.78 is 27.1. The molecule has 0 unspecified atom stereocenters. The number of aromatic nitrogens is 2. The molecule has 0 atom stereocenters. The lowest BCUT2D eigenvalue weighted by Crippen LogP contribution is -2.31. The number of aromatic amines is 1. The first-order valence-electron chi connectivity index (χ1n) is 9.07. The number of nitrogens with one attached hydrogen (secondary N) is 3. The van der Waals surface area contributed by atoms with Gasteiger partial charge in [-0.3, -0.25) is 9.89 Å². The molecular weight excluding hydrogens is 402 g/mol. The van der Waals surface area contributed by atoms with Crippen molar-refractivity contribution >= 4 is 34.0 Å². The molecule has 0 saturated heterocycles. The second-order valence-corrected chi connectivity index (χ2v) is 8.39. The monoisotopic (exact) mass is 427 g/mol. The minimum Gasteiger partial charge on any atom is -0.321 e. The number of hydrogen-bond donors (Lipinski definition) is 3. The first kappa shape index (κ1) is 22.4. The Morgan fingerprint density at radius 2 is 2.00 bits per heavy atom. The Morgan fingerprint density at radius 3 is 2.68 bits per heavy atom. The minimum absolute atomic E-state index is 0. The molecule has 1 aromatic heterocycles. The first-order chi connectivity index (χ1) is 12.9. The number of amides is 1. The third kappa shape index (κ3) is 4.22. The standard InChI is InChI=1S/C18H25N5O3S.ClH/c1-4-23(5-2)27(25,26)16-10-13(7-6-12(16)3)20-18(24)17-14-11-19-9-8-15(14)21-22-17;/h6-7,10,19H,4-5,8-9,11H2,1-3H3,(H,20,24)(H,21,22);1H. The molecular formula is C18H26ClN5O3S. The van der Waals surface area contributed by atoms with Gasteiger partial charge in [-0.2, -0.15) is 9.40 Å². The van der Waals surface area contributed by atoms with Crippen LogP contribution in [-0.2, 0) is 23.0 Å². The van der Waals surface area contributed by atoms with Gasteiger partial charge in [-0.25, -0.2) is 8.42 Å². The molecule has 28 heavy (non-hydrogen) atoms. The topological polar surface area (TPSA) is 107 Å². The molecule has 1 amide bonds. The van der Waals surface area contributed by atoms with E-state index in [1.807, 2.05) is 0 Å². The predicted octanol–water partition coefficient (Wildman–Crippen LogP) is 2.07. The van der Waals surface area contributed by atoms with Crippen LogP contribution >= 0.6 is 12.4 Å². The van der Waals surface area contributed by atoms with Crippen molar-refractivity contribution in [2.75, 3.05) is 25.0 Å². The molecule has 2 heterocycles. The fourth-order valence-corrected chi connectivity index (χ4v) is 4.97. The van der Waals surface area contributed by atoms with Crippen LogP contribution in [0.25, 0.3) is 0 Å². The van der Waals surface area contributed by atoms with Gasteiger partial charge in [0.25, 0.3) is 5.91 Å². The van der Waals surface area contributed by atoms with Gasteiger partial charge >= 0.3 is 0 Å². The van der Waals surface area contributed by atoms with Gasteiger partial charge in [0, 0.05) is 49.5 Å². The number of carbonyl (C=O) groups is 1. The molecule has 3 N–H and O–H groups in total. The maximum atomic E-state index is 12.9. The van der Waals surface area contributed by atoms with Crippen LogP contribution in [0.3, 0.4) is 0 Å². The second kappa shape index (κ2) is 9.04. The molecule has 0 spiro atoms. The Balaban J connectivity index is 0.00000280. The summed E-state index contributed by atoms with van der Waals surface area (Å²) in [6.07, 6.45) is 0.798. The third-order valence-corrected chi connectivity index (χ3v) is 6.98. The van der Waals surface area contributed by atoms with E-state index < -0.39 is 10.0 Å². The molecule has 1 aliphatic rings. The number of fused-ring (bicyclic) bond motifs is 1. The van der Waals surface area contributed by atoms with Crippen LogP contribution in [0.1, 0.15) is 41.2 Å². The average molecular weight is 428 g/mol. The van der Waals surface area contributed by atoms with E-state index in [0.717, 1.165) is 24.2 Å². The molecule has 0 aliphatic carbocycles. The number of sulfonamides is 1. The van der Waals surface area contributed by atoms with E-state index in [4.69, 9.17) is 0 Å². The highest BCUT2D eigenvalue weighted by Crippen LogP contribution is 2.24. The second-order valence-electron chi connectivity index (χ2n) is 6.48. The van der Waals surface area contributed by atoms with Crippen molar-refractivity contribution in [1.82, 2.24) is 19.8 Å². The molecule has 0 radical (unpaired) electrons. The van der Waals surface area contributed by atoms with Gasteiger partial charge in [-0.05, 0) is 24.6 Å². The van der Waals surface area contributed by atoms with Gasteiger partial charge in [0.1, 0.15) is 0 Å². The minimum atomic E-state index is -3.61. The molecule has 8 nitrogen and oxygen atoms in total.